The zero-order valence-electron chi connectivity index (χ0n) is 10.1. The van der Waals surface area contributed by atoms with Gasteiger partial charge in [0.2, 0.25) is 0 Å². The normalized spacial score (nSPS) is 10.5. The molecule has 100 valence electrons. The Bertz CT molecular complexity index is 607. The van der Waals surface area contributed by atoms with Crippen LogP contribution in [0, 0.1) is 5.82 Å². The summed E-state index contributed by atoms with van der Waals surface area (Å²) in [6, 6.07) is 4.52. The van der Waals surface area contributed by atoms with E-state index in [1.807, 2.05) is 0 Å². The maximum atomic E-state index is 13.8. The molecule has 2 rings (SSSR count). The predicted molar refractivity (Wildman–Crippen MR) is 71.6 cm³/mol. The summed E-state index contributed by atoms with van der Waals surface area (Å²) in [6.45, 7) is 1.90. The highest BCUT2D eigenvalue weighted by molar-refractivity contribution is 9.10. The number of para-hydroxylation sites is 1. The first kappa shape index (κ1) is 13.5. The Labute approximate surface area is 117 Å². The minimum atomic E-state index is -0.633. The van der Waals surface area contributed by atoms with Crippen molar-refractivity contribution in [1.29, 1.82) is 0 Å². The van der Waals surface area contributed by atoms with Gasteiger partial charge in [0.15, 0.2) is 5.69 Å². The van der Waals surface area contributed by atoms with Gasteiger partial charge < -0.3 is 10.5 Å². The highest BCUT2D eigenvalue weighted by atomic mass is 79.9. The fourth-order valence-electron chi connectivity index (χ4n) is 1.61. The van der Waals surface area contributed by atoms with Crippen LogP contribution >= 0.6 is 15.9 Å². The second kappa shape index (κ2) is 5.40. The summed E-state index contributed by atoms with van der Waals surface area (Å²) < 4.78 is 20.4. The van der Waals surface area contributed by atoms with Gasteiger partial charge in [-0.1, -0.05) is 6.07 Å². The van der Waals surface area contributed by atoms with Crippen molar-refractivity contribution in [2.75, 3.05) is 12.3 Å². The number of nitrogen functional groups attached to an aromatic ring is 1. The lowest BCUT2D eigenvalue weighted by Gasteiger charge is -2.09. The number of halogens is 2. The molecule has 0 aliphatic carbocycles. The van der Waals surface area contributed by atoms with Crippen LogP contribution < -0.4 is 5.73 Å². The van der Waals surface area contributed by atoms with Gasteiger partial charge in [-0.3, -0.25) is 4.57 Å². The Morgan fingerprint density at radius 3 is 2.95 bits per heavy atom. The van der Waals surface area contributed by atoms with Crippen LogP contribution in [-0.2, 0) is 4.74 Å². The molecular formula is C12H11BrFN3O2. The van der Waals surface area contributed by atoms with E-state index in [-0.39, 0.29) is 23.8 Å². The third-order valence-corrected chi connectivity index (χ3v) is 3.09. The number of nitrogens with zero attached hydrogens (tertiary/aromatic N) is 2. The van der Waals surface area contributed by atoms with E-state index in [0.29, 0.717) is 4.47 Å². The number of nitrogens with two attached hydrogens (primary N) is 1. The summed E-state index contributed by atoms with van der Waals surface area (Å²) in [4.78, 5) is 15.5. The maximum absolute atomic E-state index is 13.8. The van der Waals surface area contributed by atoms with E-state index in [9.17, 15) is 9.18 Å². The van der Waals surface area contributed by atoms with E-state index in [2.05, 4.69) is 20.9 Å². The number of aromatic nitrogens is 2. The molecular weight excluding hydrogens is 317 g/mol. The summed E-state index contributed by atoms with van der Waals surface area (Å²) in [5.74, 6) is -1.08. The number of rotatable bonds is 3. The Morgan fingerprint density at radius 1 is 1.58 bits per heavy atom. The average Bonchev–Trinajstić information content (AvgIpc) is 2.72. The van der Waals surface area contributed by atoms with Gasteiger partial charge in [0.05, 0.1) is 12.3 Å². The topological polar surface area (TPSA) is 70.1 Å². The molecule has 0 unspecified atom stereocenters. The number of anilines is 1. The smallest absolute Gasteiger partial charge is 0.360 e. The fraction of sp³-hybridized carbons (Fsp3) is 0.167. The van der Waals surface area contributed by atoms with Crippen LogP contribution in [0.5, 0.6) is 0 Å². The summed E-state index contributed by atoms with van der Waals surface area (Å²) in [6.07, 6.45) is 1.28. The van der Waals surface area contributed by atoms with Gasteiger partial charge in [0.25, 0.3) is 0 Å². The first-order chi connectivity index (χ1) is 9.06. The van der Waals surface area contributed by atoms with Gasteiger partial charge in [-0.15, -0.1) is 0 Å². The first-order valence-electron chi connectivity index (χ1n) is 5.50. The van der Waals surface area contributed by atoms with E-state index < -0.39 is 11.8 Å². The summed E-state index contributed by atoms with van der Waals surface area (Å²) in [5.41, 5.74) is 5.98. The lowest BCUT2D eigenvalue weighted by Crippen LogP contribution is -2.10. The number of imidazole rings is 1. The number of hydrogen-bond donors (Lipinski definition) is 1. The van der Waals surface area contributed by atoms with Crippen LogP contribution in [0.4, 0.5) is 10.2 Å². The van der Waals surface area contributed by atoms with Crippen LogP contribution in [0.2, 0.25) is 0 Å². The SMILES string of the molecule is CCOC(=O)c1ncn(-c2c(F)cccc2Br)c1N. The van der Waals surface area contributed by atoms with Gasteiger partial charge >= 0.3 is 5.97 Å². The second-order valence-electron chi connectivity index (χ2n) is 3.64. The van der Waals surface area contributed by atoms with Gasteiger partial charge in [-0.25, -0.2) is 14.2 Å². The number of ether oxygens (including phenoxy) is 1. The lowest BCUT2D eigenvalue weighted by molar-refractivity contribution is 0.0521. The highest BCUT2D eigenvalue weighted by Gasteiger charge is 2.20. The van der Waals surface area contributed by atoms with Gasteiger partial charge in [-0.05, 0) is 35.0 Å². The van der Waals surface area contributed by atoms with Crippen LogP contribution in [0.1, 0.15) is 17.4 Å². The summed E-state index contributed by atoms with van der Waals surface area (Å²) >= 11 is 3.23. The molecule has 0 radical (unpaired) electrons. The number of hydrogen-bond acceptors (Lipinski definition) is 4. The van der Waals surface area contributed by atoms with Gasteiger partial charge in [0, 0.05) is 4.47 Å². The molecule has 0 atom stereocenters. The number of carbonyl (C=O) groups is 1. The molecule has 7 heteroatoms. The molecule has 0 aliphatic rings. The van der Waals surface area contributed by atoms with E-state index in [1.54, 1.807) is 19.1 Å². The average molecular weight is 328 g/mol. The largest absolute Gasteiger partial charge is 0.461 e. The van der Waals surface area contributed by atoms with Crippen molar-refractivity contribution in [2.45, 2.75) is 6.92 Å². The molecule has 0 amide bonds. The first-order valence-corrected chi connectivity index (χ1v) is 6.29. The van der Waals surface area contributed by atoms with E-state index >= 15 is 0 Å². The third kappa shape index (κ3) is 2.46. The number of benzene rings is 1. The second-order valence-corrected chi connectivity index (χ2v) is 4.49. The molecule has 0 saturated heterocycles. The standard InChI is InChI=1S/C12H11BrFN3O2/c1-2-19-12(18)9-11(15)17(6-16-9)10-7(13)4-3-5-8(10)14/h3-6H,2,15H2,1H3. The molecule has 0 saturated carbocycles. The van der Waals surface area contributed by atoms with E-state index in [4.69, 9.17) is 10.5 Å². The summed E-state index contributed by atoms with van der Waals surface area (Å²) in [5, 5.41) is 0. The molecule has 2 aromatic rings. The van der Waals surface area contributed by atoms with Crippen molar-refractivity contribution < 1.29 is 13.9 Å². The van der Waals surface area contributed by atoms with Crippen molar-refractivity contribution in [1.82, 2.24) is 9.55 Å². The molecule has 1 aromatic carbocycles. The predicted octanol–water partition coefficient (Wildman–Crippen LogP) is 2.53. The third-order valence-electron chi connectivity index (χ3n) is 2.45. The van der Waals surface area contributed by atoms with Gasteiger partial charge in [-0.2, -0.15) is 0 Å². The minimum absolute atomic E-state index is 0.0306. The fourth-order valence-corrected chi connectivity index (χ4v) is 2.15. The molecule has 0 bridgehead atoms. The van der Waals surface area contributed by atoms with Crippen LogP contribution in [-0.4, -0.2) is 22.1 Å². The molecule has 2 N–H and O–H groups in total. The maximum Gasteiger partial charge on any atom is 0.360 e. The zero-order valence-corrected chi connectivity index (χ0v) is 11.6. The number of esters is 1. The van der Waals surface area contributed by atoms with Crippen LogP contribution in [0.15, 0.2) is 29.0 Å². The van der Waals surface area contributed by atoms with Crippen molar-refractivity contribution >= 4 is 27.7 Å². The number of carbonyl (C=O) groups excluding carboxylic acids is 1. The van der Waals surface area contributed by atoms with E-state index in [1.165, 1.54) is 17.0 Å². The van der Waals surface area contributed by atoms with Crippen LogP contribution in [0.3, 0.4) is 0 Å². The van der Waals surface area contributed by atoms with Crippen molar-refractivity contribution in [3.8, 4) is 5.69 Å². The Morgan fingerprint density at radius 2 is 2.32 bits per heavy atom. The molecule has 0 spiro atoms. The Kier molecular flexibility index (Phi) is 3.84. The molecule has 19 heavy (non-hydrogen) atoms. The lowest BCUT2D eigenvalue weighted by atomic mass is 10.3. The zero-order chi connectivity index (χ0) is 14.0. The van der Waals surface area contributed by atoms with Gasteiger partial charge in [0.1, 0.15) is 18.0 Å². The molecule has 0 fully saturated rings. The molecule has 0 aliphatic heterocycles. The van der Waals surface area contributed by atoms with E-state index in [0.717, 1.165) is 0 Å². The Hall–Kier alpha value is -1.89. The quantitative estimate of drug-likeness (QED) is 0.879. The minimum Gasteiger partial charge on any atom is -0.461 e. The van der Waals surface area contributed by atoms with Crippen molar-refractivity contribution in [2.24, 2.45) is 0 Å². The highest BCUT2D eigenvalue weighted by Crippen LogP contribution is 2.27. The van der Waals surface area contributed by atoms with Crippen molar-refractivity contribution in [3.63, 3.8) is 0 Å². The molecule has 1 aromatic heterocycles. The summed E-state index contributed by atoms with van der Waals surface area (Å²) in [7, 11) is 0. The molecule has 1 heterocycles. The van der Waals surface area contributed by atoms with Crippen molar-refractivity contribution in [3.05, 3.63) is 40.5 Å². The molecule has 5 nitrogen and oxygen atoms in total. The Balaban J connectivity index is 2.51. The monoisotopic (exact) mass is 327 g/mol. The van der Waals surface area contributed by atoms with Crippen LogP contribution in [0.25, 0.3) is 5.69 Å².